The fraction of sp³-hybridized carbons (Fsp3) is 0.462. The molecule has 0 aliphatic heterocycles. The van der Waals surface area contributed by atoms with Crippen LogP contribution >= 0.6 is 0 Å². The molecule has 19 heavy (non-hydrogen) atoms. The lowest BCUT2D eigenvalue weighted by atomic mass is 10.2. The lowest BCUT2D eigenvalue weighted by Crippen LogP contribution is -2.26. The molecule has 0 aliphatic rings. The summed E-state index contributed by atoms with van der Waals surface area (Å²) in [6.45, 7) is 4.39. The number of aryl methyl sites for hydroxylation is 1. The predicted molar refractivity (Wildman–Crippen MR) is 69.8 cm³/mol. The Morgan fingerprint density at radius 3 is 2.95 bits per heavy atom. The average molecular weight is 263 g/mol. The number of aliphatic carboxylic acids is 1. The number of hydrogen-bond donors (Lipinski definition) is 2. The maximum absolute atomic E-state index is 10.7. The summed E-state index contributed by atoms with van der Waals surface area (Å²) in [4.78, 5) is 14.9. The molecule has 1 heterocycles. The van der Waals surface area contributed by atoms with E-state index in [-0.39, 0.29) is 6.42 Å². The SMILES string of the molecule is CCOC(CNc1cc(C#N)cc(C)n1)CC(=O)O. The Morgan fingerprint density at radius 2 is 2.37 bits per heavy atom. The zero-order valence-corrected chi connectivity index (χ0v) is 11.0. The van der Waals surface area contributed by atoms with Gasteiger partial charge in [-0.2, -0.15) is 5.26 Å². The van der Waals surface area contributed by atoms with Gasteiger partial charge in [0.15, 0.2) is 0 Å². The van der Waals surface area contributed by atoms with Gasteiger partial charge in [-0.25, -0.2) is 4.98 Å². The molecular formula is C13H17N3O3. The quantitative estimate of drug-likeness (QED) is 0.775. The molecule has 1 unspecified atom stereocenters. The number of nitriles is 1. The number of carbonyl (C=O) groups is 1. The summed E-state index contributed by atoms with van der Waals surface area (Å²) in [6, 6.07) is 5.35. The third-order valence-electron chi connectivity index (χ3n) is 2.40. The Morgan fingerprint density at radius 1 is 1.63 bits per heavy atom. The monoisotopic (exact) mass is 263 g/mol. The van der Waals surface area contributed by atoms with Crippen molar-refractivity contribution in [1.29, 1.82) is 5.26 Å². The van der Waals surface area contributed by atoms with Crippen molar-refractivity contribution >= 4 is 11.8 Å². The first kappa shape index (κ1) is 14.9. The number of nitrogens with zero attached hydrogens (tertiary/aromatic N) is 2. The Hall–Kier alpha value is -2.13. The summed E-state index contributed by atoms with van der Waals surface area (Å²) in [6.07, 6.45) is -0.493. The average Bonchev–Trinajstić information content (AvgIpc) is 2.35. The number of nitrogens with one attached hydrogen (secondary N) is 1. The van der Waals surface area contributed by atoms with Crippen molar-refractivity contribution < 1.29 is 14.6 Å². The molecule has 6 nitrogen and oxygen atoms in total. The van der Waals surface area contributed by atoms with E-state index in [1.165, 1.54) is 0 Å². The number of aromatic nitrogens is 1. The molecule has 0 aliphatic carbocycles. The molecule has 1 atom stereocenters. The lowest BCUT2D eigenvalue weighted by molar-refractivity contribution is -0.139. The van der Waals surface area contributed by atoms with Crippen LogP contribution in [0.15, 0.2) is 12.1 Å². The van der Waals surface area contributed by atoms with Crippen LogP contribution in [0, 0.1) is 18.3 Å². The summed E-state index contributed by atoms with van der Waals surface area (Å²) in [5.74, 6) is -0.359. The van der Waals surface area contributed by atoms with Gasteiger partial charge in [0.05, 0.1) is 24.2 Å². The zero-order chi connectivity index (χ0) is 14.3. The minimum absolute atomic E-state index is 0.0717. The van der Waals surface area contributed by atoms with Crippen molar-refractivity contribution in [2.45, 2.75) is 26.4 Å². The number of carboxylic acids is 1. The van der Waals surface area contributed by atoms with Crippen LogP contribution in [-0.2, 0) is 9.53 Å². The molecule has 1 aromatic rings. The number of carboxylic acid groups (broad SMARTS) is 1. The van der Waals surface area contributed by atoms with Gasteiger partial charge in [-0.05, 0) is 26.0 Å². The largest absolute Gasteiger partial charge is 0.481 e. The van der Waals surface area contributed by atoms with Crippen LogP contribution in [0.25, 0.3) is 0 Å². The van der Waals surface area contributed by atoms with Gasteiger partial charge in [0.2, 0.25) is 0 Å². The maximum atomic E-state index is 10.7. The highest BCUT2D eigenvalue weighted by Gasteiger charge is 2.13. The van der Waals surface area contributed by atoms with Gasteiger partial charge in [-0.1, -0.05) is 0 Å². The van der Waals surface area contributed by atoms with Gasteiger partial charge in [0.25, 0.3) is 0 Å². The van der Waals surface area contributed by atoms with Crippen molar-refractivity contribution in [1.82, 2.24) is 4.98 Å². The second kappa shape index (κ2) is 7.34. The van der Waals surface area contributed by atoms with E-state index in [2.05, 4.69) is 10.3 Å². The molecule has 1 rings (SSSR count). The Labute approximate surface area is 112 Å². The normalized spacial score (nSPS) is 11.6. The first-order valence-corrected chi connectivity index (χ1v) is 6.01. The fourth-order valence-corrected chi connectivity index (χ4v) is 1.66. The van der Waals surface area contributed by atoms with Gasteiger partial charge in [-0.15, -0.1) is 0 Å². The van der Waals surface area contributed by atoms with Gasteiger partial charge in [0.1, 0.15) is 5.82 Å². The minimum atomic E-state index is -0.907. The number of pyridine rings is 1. The molecular weight excluding hydrogens is 246 g/mol. The highest BCUT2D eigenvalue weighted by molar-refractivity contribution is 5.67. The van der Waals surface area contributed by atoms with Crippen molar-refractivity contribution in [2.75, 3.05) is 18.5 Å². The van der Waals surface area contributed by atoms with Gasteiger partial charge in [0, 0.05) is 18.8 Å². The molecule has 0 bridgehead atoms. The molecule has 0 radical (unpaired) electrons. The predicted octanol–water partition coefficient (Wildman–Crippen LogP) is 1.55. The molecule has 0 saturated heterocycles. The van der Waals surface area contributed by atoms with Crippen LogP contribution in [0.5, 0.6) is 0 Å². The Balaban J connectivity index is 2.65. The minimum Gasteiger partial charge on any atom is -0.481 e. The van der Waals surface area contributed by atoms with E-state index in [1.54, 1.807) is 19.1 Å². The van der Waals surface area contributed by atoms with E-state index in [1.807, 2.05) is 13.0 Å². The lowest BCUT2D eigenvalue weighted by Gasteiger charge is -2.16. The number of anilines is 1. The van der Waals surface area contributed by atoms with Crippen molar-refractivity contribution in [2.24, 2.45) is 0 Å². The smallest absolute Gasteiger partial charge is 0.306 e. The van der Waals surface area contributed by atoms with Crippen LogP contribution in [0.3, 0.4) is 0 Å². The molecule has 2 N–H and O–H groups in total. The van der Waals surface area contributed by atoms with E-state index in [0.717, 1.165) is 5.69 Å². The molecule has 0 saturated carbocycles. The third kappa shape index (κ3) is 5.36. The van der Waals surface area contributed by atoms with Crippen LogP contribution in [-0.4, -0.2) is 35.3 Å². The van der Waals surface area contributed by atoms with Crippen LogP contribution in [0.2, 0.25) is 0 Å². The van der Waals surface area contributed by atoms with Gasteiger partial charge >= 0.3 is 5.97 Å². The van der Waals surface area contributed by atoms with Crippen molar-refractivity contribution in [3.63, 3.8) is 0 Å². The highest BCUT2D eigenvalue weighted by atomic mass is 16.5. The molecule has 6 heteroatoms. The summed E-state index contributed by atoms with van der Waals surface area (Å²) >= 11 is 0. The zero-order valence-electron chi connectivity index (χ0n) is 11.0. The van der Waals surface area contributed by atoms with Crippen LogP contribution < -0.4 is 5.32 Å². The highest BCUT2D eigenvalue weighted by Crippen LogP contribution is 2.10. The van der Waals surface area contributed by atoms with E-state index in [0.29, 0.717) is 24.5 Å². The molecule has 102 valence electrons. The fourth-order valence-electron chi connectivity index (χ4n) is 1.66. The summed E-state index contributed by atoms with van der Waals surface area (Å²) in [7, 11) is 0. The molecule has 0 aromatic carbocycles. The second-order valence-electron chi connectivity index (χ2n) is 4.05. The van der Waals surface area contributed by atoms with Gasteiger partial charge < -0.3 is 15.2 Å². The Bertz CT molecular complexity index is 483. The van der Waals surface area contributed by atoms with E-state index in [9.17, 15) is 4.79 Å². The summed E-state index contributed by atoms with van der Waals surface area (Å²) in [5, 5.41) is 20.6. The summed E-state index contributed by atoms with van der Waals surface area (Å²) < 4.78 is 5.33. The van der Waals surface area contributed by atoms with E-state index >= 15 is 0 Å². The molecule has 1 aromatic heterocycles. The first-order chi connectivity index (χ1) is 9.05. The maximum Gasteiger partial charge on any atom is 0.306 e. The van der Waals surface area contributed by atoms with E-state index < -0.39 is 12.1 Å². The molecule has 0 spiro atoms. The summed E-state index contributed by atoms with van der Waals surface area (Å²) in [5.41, 5.74) is 1.24. The molecule has 0 amide bonds. The topological polar surface area (TPSA) is 95.2 Å². The standard InChI is InChI=1S/C13H17N3O3/c1-3-19-11(6-13(17)18)8-15-12-5-10(7-14)4-9(2)16-12/h4-5,11H,3,6,8H2,1-2H3,(H,15,16)(H,17,18). The third-order valence-corrected chi connectivity index (χ3v) is 2.40. The van der Waals surface area contributed by atoms with Crippen LogP contribution in [0.4, 0.5) is 5.82 Å². The second-order valence-corrected chi connectivity index (χ2v) is 4.05. The van der Waals surface area contributed by atoms with E-state index in [4.69, 9.17) is 15.1 Å². The Kier molecular flexibility index (Phi) is 5.76. The molecule has 0 fully saturated rings. The number of hydrogen-bond acceptors (Lipinski definition) is 5. The van der Waals surface area contributed by atoms with Crippen molar-refractivity contribution in [3.05, 3.63) is 23.4 Å². The first-order valence-electron chi connectivity index (χ1n) is 6.01. The van der Waals surface area contributed by atoms with Crippen molar-refractivity contribution in [3.8, 4) is 6.07 Å². The number of ether oxygens (including phenoxy) is 1. The van der Waals surface area contributed by atoms with Crippen LogP contribution in [0.1, 0.15) is 24.6 Å². The van der Waals surface area contributed by atoms with Gasteiger partial charge in [-0.3, -0.25) is 4.79 Å². The number of rotatable bonds is 7.